The van der Waals surface area contributed by atoms with E-state index in [2.05, 4.69) is 91.9 Å². The van der Waals surface area contributed by atoms with Crippen LogP contribution in [0.1, 0.15) is 36.5 Å². The quantitative estimate of drug-likeness (QED) is 0.436. The van der Waals surface area contributed by atoms with Gasteiger partial charge in [-0.3, -0.25) is 0 Å². The Labute approximate surface area is 145 Å². The van der Waals surface area contributed by atoms with Gasteiger partial charge in [0.2, 0.25) is 0 Å². The molecule has 0 heteroatoms. The van der Waals surface area contributed by atoms with Crippen LogP contribution < -0.4 is 0 Å². The monoisotopic (exact) mass is 312 g/mol. The maximum Gasteiger partial charge on any atom is -0.0184 e. The number of rotatable bonds is 6. The molecule has 0 fully saturated rings. The molecule has 0 atom stereocenters. The van der Waals surface area contributed by atoms with Gasteiger partial charge in [0.25, 0.3) is 0 Å². The number of hydrogen-bond acceptors (Lipinski definition) is 0. The van der Waals surface area contributed by atoms with E-state index in [1.807, 2.05) is 6.07 Å². The summed E-state index contributed by atoms with van der Waals surface area (Å²) in [6.07, 6.45) is 8.01. The fourth-order valence-corrected chi connectivity index (χ4v) is 2.79. The van der Waals surface area contributed by atoms with Crippen LogP contribution in [0.3, 0.4) is 0 Å². The fraction of sp³-hybridized carbons (Fsp3) is 0.167. The van der Waals surface area contributed by atoms with E-state index in [1.165, 1.54) is 47.1 Å². The van der Waals surface area contributed by atoms with Crippen molar-refractivity contribution in [3.8, 4) is 11.1 Å². The zero-order valence-electron chi connectivity index (χ0n) is 14.3. The molecule has 120 valence electrons. The Morgan fingerprint density at radius 1 is 0.625 bits per heavy atom. The van der Waals surface area contributed by atoms with Crippen LogP contribution in [0.15, 0.2) is 78.9 Å². The lowest BCUT2D eigenvalue weighted by atomic mass is 10.0. The van der Waals surface area contributed by atoms with Gasteiger partial charge < -0.3 is 0 Å². The maximum atomic E-state index is 2.26. The highest BCUT2D eigenvalue weighted by molar-refractivity contribution is 5.72. The van der Waals surface area contributed by atoms with Crippen LogP contribution in [-0.4, -0.2) is 0 Å². The van der Waals surface area contributed by atoms with E-state index in [9.17, 15) is 0 Å². The molecule has 0 aliphatic heterocycles. The van der Waals surface area contributed by atoms with Crippen LogP contribution in [0.5, 0.6) is 0 Å². The highest BCUT2D eigenvalue weighted by atomic mass is 14.0. The van der Waals surface area contributed by atoms with Crippen LogP contribution >= 0.6 is 0 Å². The second kappa shape index (κ2) is 8.31. The van der Waals surface area contributed by atoms with E-state index in [0.717, 1.165) is 0 Å². The van der Waals surface area contributed by atoms with Gasteiger partial charge in [-0.25, -0.2) is 0 Å². The Morgan fingerprint density at radius 3 is 1.75 bits per heavy atom. The lowest BCUT2D eigenvalue weighted by Gasteiger charge is -2.05. The lowest BCUT2D eigenvalue weighted by molar-refractivity contribution is 0.795. The first-order chi connectivity index (χ1) is 11.8. The van der Waals surface area contributed by atoms with Gasteiger partial charge in [-0.15, -0.1) is 0 Å². The minimum absolute atomic E-state index is 1.18. The molecule has 0 aliphatic carbocycles. The first-order valence-electron chi connectivity index (χ1n) is 8.77. The van der Waals surface area contributed by atoms with Crippen molar-refractivity contribution in [1.29, 1.82) is 0 Å². The topological polar surface area (TPSA) is 0 Å². The average Bonchev–Trinajstić information content (AvgIpc) is 2.66. The molecule has 0 amide bonds. The highest BCUT2D eigenvalue weighted by Gasteiger charge is 1.98. The zero-order valence-corrected chi connectivity index (χ0v) is 14.3. The molecule has 0 saturated carbocycles. The van der Waals surface area contributed by atoms with Crippen LogP contribution in [0, 0.1) is 0 Å². The second-order valence-corrected chi connectivity index (χ2v) is 6.17. The van der Waals surface area contributed by atoms with E-state index < -0.39 is 0 Å². The average molecular weight is 312 g/mol. The molecule has 0 saturated heterocycles. The Balaban J connectivity index is 1.69. The summed E-state index contributed by atoms with van der Waals surface area (Å²) in [5.41, 5.74) is 6.44. The van der Waals surface area contributed by atoms with E-state index in [4.69, 9.17) is 0 Å². The summed E-state index contributed by atoms with van der Waals surface area (Å²) < 4.78 is 0. The molecular formula is C24H24. The molecule has 0 bridgehead atoms. The van der Waals surface area contributed by atoms with E-state index in [-0.39, 0.29) is 0 Å². The molecule has 24 heavy (non-hydrogen) atoms. The van der Waals surface area contributed by atoms with Crippen molar-refractivity contribution in [2.75, 3.05) is 0 Å². The van der Waals surface area contributed by atoms with E-state index in [0.29, 0.717) is 0 Å². The van der Waals surface area contributed by atoms with Crippen molar-refractivity contribution in [3.05, 3.63) is 95.6 Å². The minimum atomic E-state index is 1.18. The largest absolute Gasteiger partial charge is 0.0654 e. The zero-order chi connectivity index (χ0) is 16.6. The first kappa shape index (κ1) is 16.3. The van der Waals surface area contributed by atoms with Crippen molar-refractivity contribution in [1.82, 2.24) is 0 Å². The van der Waals surface area contributed by atoms with Crippen molar-refractivity contribution >= 4 is 12.2 Å². The van der Waals surface area contributed by atoms with Gasteiger partial charge in [-0.1, -0.05) is 104 Å². The molecule has 3 aromatic rings. The molecule has 3 aromatic carbocycles. The maximum absolute atomic E-state index is 2.26. The second-order valence-electron chi connectivity index (χ2n) is 6.17. The predicted molar refractivity (Wildman–Crippen MR) is 106 cm³/mol. The van der Waals surface area contributed by atoms with Crippen LogP contribution in [0.4, 0.5) is 0 Å². The van der Waals surface area contributed by atoms with E-state index in [1.54, 1.807) is 0 Å². The molecule has 0 unspecified atom stereocenters. The Morgan fingerprint density at radius 2 is 1.17 bits per heavy atom. The minimum Gasteiger partial charge on any atom is -0.0654 e. The standard InChI is InChI=1S/C24H24/c1-2-3-7-21-12-16-23(17-13-21)24-18-14-22(15-19-24)11-10-20-8-5-4-6-9-20/h4-6,8-19H,2-3,7H2,1H3. The number of aryl methyl sites for hydroxylation is 1. The summed E-state index contributed by atoms with van der Waals surface area (Å²) in [6.45, 7) is 2.24. The van der Waals surface area contributed by atoms with Crippen LogP contribution in [0.2, 0.25) is 0 Å². The van der Waals surface area contributed by atoms with Gasteiger partial charge in [-0.2, -0.15) is 0 Å². The Hall–Kier alpha value is -2.60. The molecule has 0 aliphatic rings. The molecule has 0 nitrogen and oxygen atoms in total. The first-order valence-corrected chi connectivity index (χ1v) is 8.77. The summed E-state index contributed by atoms with van der Waals surface area (Å²) in [6, 6.07) is 28.1. The highest BCUT2D eigenvalue weighted by Crippen LogP contribution is 2.21. The van der Waals surface area contributed by atoms with Gasteiger partial charge >= 0.3 is 0 Å². The Kier molecular flexibility index (Phi) is 5.63. The normalized spacial score (nSPS) is 11.0. The van der Waals surface area contributed by atoms with Gasteiger partial charge in [0.1, 0.15) is 0 Å². The number of hydrogen-bond donors (Lipinski definition) is 0. The molecule has 0 heterocycles. The third kappa shape index (κ3) is 4.45. The van der Waals surface area contributed by atoms with Crippen LogP contribution in [-0.2, 0) is 6.42 Å². The summed E-state index contributed by atoms with van der Waals surface area (Å²) >= 11 is 0. The smallest absolute Gasteiger partial charge is 0.0184 e. The van der Waals surface area contributed by atoms with E-state index >= 15 is 0 Å². The predicted octanol–water partition coefficient (Wildman–Crippen LogP) is 6.87. The Bertz CT molecular complexity index is 763. The molecule has 3 rings (SSSR count). The molecule has 0 N–H and O–H groups in total. The molecule has 0 radical (unpaired) electrons. The van der Waals surface area contributed by atoms with Crippen LogP contribution in [0.25, 0.3) is 23.3 Å². The fourth-order valence-electron chi connectivity index (χ4n) is 2.79. The van der Waals surface area contributed by atoms with Crippen molar-refractivity contribution in [3.63, 3.8) is 0 Å². The third-order valence-electron chi connectivity index (χ3n) is 4.28. The van der Waals surface area contributed by atoms with Crippen molar-refractivity contribution < 1.29 is 0 Å². The summed E-state index contributed by atoms with van der Waals surface area (Å²) in [4.78, 5) is 0. The van der Waals surface area contributed by atoms with Gasteiger partial charge in [0.15, 0.2) is 0 Å². The molecular weight excluding hydrogens is 288 g/mol. The SMILES string of the molecule is CCCCc1ccc(-c2ccc(C=Cc3ccccc3)cc2)cc1. The number of unbranched alkanes of at least 4 members (excludes halogenated alkanes) is 1. The van der Waals surface area contributed by atoms with Crippen molar-refractivity contribution in [2.45, 2.75) is 26.2 Å². The van der Waals surface area contributed by atoms with Crippen molar-refractivity contribution in [2.24, 2.45) is 0 Å². The lowest BCUT2D eigenvalue weighted by Crippen LogP contribution is -1.85. The third-order valence-corrected chi connectivity index (χ3v) is 4.28. The summed E-state index contributed by atoms with van der Waals surface area (Å²) in [7, 11) is 0. The summed E-state index contributed by atoms with van der Waals surface area (Å²) in [5, 5.41) is 0. The summed E-state index contributed by atoms with van der Waals surface area (Å²) in [5.74, 6) is 0. The van der Waals surface area contributed by atoms with Gasteiger partial charge in [0, 0.05) is 0 Å². The van der Waals surface area contributed by atoms with Gasteiger partial charge in [0.05, 0.1) is 0 Å². The molecule has 0 spiro atoms. The van der Waals surface area contributed by atoms with Gasteiger partial charge in [-0.05, 0) is 40.7 Å². The number of benzene rings is 3. The molecule has 0 aromatic heterocycles.